The van der Waals surface area contributed by atoms with Crippen molar-refractivity contribution in [3.05, 3.63) is 35.9 Å². The molecule has 1 aliphatic rings. The second-order valence-electron chi connectivity index (χ2n) is 5.45. The van der Waals surface area contributed by atoms with E-state index in [-0.39, 0.29) is 18.0 Å². The summed E-state index contributed by atoms with van der Waals surface area (Å²) in [6, 6.07) is 10.1. The molecule has 19 heavy (non-hydrogen) atoms. The first-order valence-corrected chi connectivity index (χ1v) is 7.29. The van der Waals surface area contributed by atoms with Gasteiger partial charge in [-0.3, -0.25) is 4.79 Å². The molecule has 0 spiro atoms. The molecule has 0 aromatic heterocycles. The summed E-state index contributed by atoms with van der Waals surface area (Å²) >= 11 is 0. The molecule has 1 saturated heterocycles. The van der Waals surface area contributed by atoms with Crippen molar-refractivity contribution in [3.63, 3.8) is 0 Å². The molecule has 1 fully saturated rings. The Morgan fingerprint density at radius 2 is 2.16 bits per heavy atom. The lowest BCUT2D eigenvalue weighted by atomic mass is 9.90. The van der Waals surface area contributed by atoms with Crippen LogP contribution in [0.5, 0.6) is 0 Å². The van der Waals surface area contributed by atoms with Crippen molar-refractivity contribution in [2.24, 2.45) is 5.92 Å². The Hall–Kier alpha value is -1.35. The van der Waals surface area contributed by atoms with Crippen molar-refractivity contribution in [1.29, 1.82) is 0 Å². The zero-order chi connectivity index (χ0) is 13.7. The first kappa shape index (κ1) is 14.1. The average molecular weight is 260 g/mol. The van der Waals surface area contributed by atoms with Gasteiger partial charge in [-0.05, 0) is 37.8 Å². The molecular formula is C16H24N2O. The summed E-state index contributed by atoms with van der Waals surface area (Å²) < 4.78 is 0. The van der Waals surface area contributed by atoms with Crippen LogP contribution in [0.4, 0.5) is 0 Å². The number of piperidine rings is 1. The highest BCUT2D eigenvalue weighted by atomic mass is 16.2. The first-order chi connectivity index (χ1) is 9.20. The predicted octanol–water partition coefficient (Wildman–Crippen LogP) is 2.64. The van der Waals surface area contributed by atoms with Gasteiger partial charge in [0, 0.05) is 0 Å². The SMILES string of the molecule is CCC1CCNC(C(=O)N[C@@H](C)c2ccccc2)C1. The van der Waals surface area contributed by atoms with Gasteiger partial charge in [0.2, 0.25) is 5.91 Å². The number of hydrogen-bond donors (Lipinski definition) is 2. The highest BCUT2D eigenvalue weighted by molar-refractivity contribution is 5.82. The van der Waals surface area contributed by atoms with Crippen molar-refractivity contribution < 1.29 is 4.79 Å². The maximum Gasteiger partial charge on any atom is 0.237 e. The molecule has 2 N–H and O–H groups in total. The van der Waals surface area contributed by atoms with Gasteiger partial charge in [-0.2, -0.15) is 0 Å². The molecule has 104 valence electrons. The molecule has 0 saturated carbocycles. The van der Waals surface area contributed by atoms with Crippen molar-refractivity contribution >= 4 is 5.91 Å². The van der Waals surface area contributed by atoms with E-state index in [0.29, 0.717) is 5.92 Å². The van der Waals surface area contributed by atoms with Crippen LogP contribution in [0.15, 0.2) is 30.3 Å². The standard InChI is InChI=1S/C16H24N2O/c1-3-13-9-10-17-15(11-13)16(19)18-12(2)14-7-5-4-6-8-14/h4-8,12-13,15,17H,3,9-11H2,1-2H3,(H,18,19)/t12-,13?,15?/m0/s1. The molecule has 0 radical (unpaired) electrons. The van der Waals surface area contributed by atoms with Crippen LogP contribution < -0.4 is 10.6 Å². The Kier molecular flexibility index (Phi) is 4.97. The Labute approximate surface area is 115 Å². The Balaban J connectivity index is 1.90. The fourth-order valence-electron chi connectivity index (χ4n) is 2.71. The molecule has 1 heterocycles. The number of hydrogen-bond acceptors (Lipinski definition) is 2. The maximum absolute atomic E-state index is 12.3. The molecule has 1 aromatic carbocycles. The van der Waals surface area contributed by atoms with E-state index in [9.17, 15) is 4.79 Å². The fourth-order valence-corrected chi connectivity index (χ4v) is 2.71. The first-order valence-electron chi connectivity index (χ1n) is 7.29. The monoisotopic (exact) mass is 260 g/mol. The van der Waals surface area contributed by atoms with E-state index in [1.165, 1.54) is 12.8 Å². The minimum Gasteiger partial charge on any atom is -0.348 e. The van der Waals surface area contributed by atoms with Gasteiger partial charge in [-0.25, -0.2) is 0 Å². The number of carbonyl (C=O) groups is 1. The van der Waals surface area contributed by atoms with Gasteiger partial charge in [0.05, 0.1) is 12.1 Å². The van der Waals surface area contributed by atoms with E-state index < -0.39 is 0 Å². The summed E-state index contributed by atoms with van der Waals surface area (Å²) in [6.07, 6.45) is 3.32. The Morgan fingerprint density at radius 1 is 1.42 bits per heavy atom. The minimum atomic E-state index is -0.0233. The van der Waals surface area contributed by atoms with Crippen LogP contribution in [0.1, 0.15) is 44.7 Å². The fraction of sp³-hybridized carbons (Fsp3) is 0.562. The zero-order valence-electron chi connectivity index (χ0n) is 11.9. The molecule has 3 nitrogen and oxygen atoms in total. The Bertz CT molecular complexity index is 404. The van der Waals surface area contributed by atoms with Crippen molar-refractivity contribution in [2.75, 3.05) is 6.54 Å². The number of carbonyl (C=O) groups excluding carboxylic acids is 1. The van der Waals surface area contributed by atoms with Crippen LogP contribution in [-0.2, 0) is 4.79 Å². The van der Waals surface area contributed by atoms with Crippen LogP contribution in [0.2, 0.25) is 0 Å². The van der Waals surface area contributed by atoms with Crippen molar-refractivity contribution in [1.82, 2.24) is 10.6 Å². The molecule has 0 bridgehead atoms. The molecular weight excluding hydrogens is 236 g/mol. The van der Waals surface area contributed by atoms with Gasteiger partial charge in [0.1, 0.15) is 0 Å². The van der Waals surface area contributed by atoms with Crippen LogP contribution in [0, 0.1) is 5.92 Å². The molecule has 1 aliphatic heterocycles. The summed E-state index contributed by atoms with van der Waals surface area (Å²) in [5, 5.41) is 6.44. The summed E-state index contributed by atoms with van der Waals surface area (Å²) in [7, 11) is 0. The highest BCUT2D eigenvalue weighted by Gasteiger charge is 2.26. The van der Waals surface area contributed by atoms with Gasteiger partial charge in [0.25, 0.3) is 0 Å². The lowest BCUT2D eigenvalue weighted by molar-refractivity contribution is -0.124. The van der Waals surface area contributed by atoms with Crippen LogP contribution in [0.25, 0.3) is 0 Å². The summed E-state index contributed by atoms with van der Waals surface area (Å²) in [4.78, 5) is 12.3. The van der Waals surface area contributed by atoms with Crippen LogP contribution in [0.3, 0.4) is 0 Å². The van der Waals surface area contributed by atoms with Gasteiger partial charge in [0.15, 0.2) is 0 Å². The molecule has 0 aliphatic carbocycles. The second-order valence-corrected chi connectivity index (χ2v) is 5.45. The summed E-state index contributed by atoms with van der Waals surface area (Å²) in [5.74, 6) is 0.818. The number of amides is 1. The lowest BCUT2D eigenvalue weighted by Gasteiger charge is -2.29. The summed E-state index contributed by atoms with van der Waals surface area (Å²) in [5.41, 5.74) is 1.15. The van der Waals surface area contributed by atoms with Crippen molar-refractivity contribution in [2.45, 2.75) is 45.2 Å². The number of benzene rings is 1. The lowest BCUT2D eigenvalue weighted by Crippen LogP contribution is -2.49. The minimum absolute atomic E-state index is 0.0233. The van der Waals surface area contributed by atoms with Gasteiger partial charge in [-0.15, -0.1) is 0 Å². The smallest absolute Gasteiger partial charge is 0.237 e. The van der Waals surface area contributed by atoms with E-state index in [2.05, 4.69) is 17.6 Å². The van der Waals surface area contributed by atoms with Crippen LogP contribution in [-0.4, -0.2) is 18.5 Å². The maximum atomic E-state index is 12.3. The molecule has 1 aromatic rings. The average Bonchev–Trinajstić information content (AvgIpc) is 2.48. The zero-order valence-corrected chi connectivity index (χ0v) is 11.9. The third kappa shape index (κ3) is 3.80. The van der Waals surface area contributed by atoms with E-state index in [0.717, 1.165) is 18.5 Å². The largest absolute Gasteiger partial charge is 0.348 e. The van der Waals surface area contributed by atoms with E-state index >= 15 is 0 Å². The van der Waals surface area contributed by atoms with E-state index in [4.69, 9.17) is 0 Å². The topological polar surface area (TPSA) is 41.1 Å². The van der Waals surface area contributed by atoms with Crippen LogP contribution >= 0.6 is 0 Å². The quantitative estimate of drug-likeness (QED) is 0.874. The van der Waals surface area contributed by atoms with Gasteiger partial charge < -0.3 is 10.6 Å². The molecule has 3 atom stereocenters. The second kappa shape index (κ2) is 6.71. The molecule has 2 unspecified atom stereocenters. The van der Waals surface area contributed by atoms with E-state index in [1.54, 1.807) is 0 Å². The molecule has 3 heteroatoms. The predicted molar refractivity (Wildman–Crippen MR) is 77.8 cm³/mol. The molecule has 1 amide bonds. The number of nitrogens with one attached hydrogen (secondary N) is 2. The third-order valence-corrected chi connectivity index (χ3v) is 4.06. The van der Waals surface area contributed by atoms with Crippen molar-refractivity contribution in [3.8, 4) is 0 Å². The molecule has 2 rings (SSSR count). The normalized spacial score (nSPS) is 24.7. The van der Waals surface area contributed by atoms with Gasteiger partial charge >= 0.3 is 0 Å². The Morgan fingerprint density at radius 3 is 2.84 bits per heavy atom. The third-order valence-electron chi connectivity index (χ3n) is 4.06. The number of rotatable bonds is 4. The van der Waals surface area contributed by atoms with E-state index in [1.807, 2.05) is 37.3 Å². The van der Waals surface area contributed by atoms with Gasteiger partial charge in [-0.1, -0.05) is 43.7 Å². The summed E-state index contributed by atoms with van der Waals surface area (Å²) in [6.45, 7) is 5.20. The highest BCUT2D eigenvalue weighted by Crippen LogP contribution is 2.20.